The standard InChI is InChI=1S/C12H18N2O2/c1-9(15)11-7-13-12(16-11)6-10-4-3-5-14(2)8-10/h7,10H,3-6,8H2,1-2H3. The number of carbonyl (C=O) groups excluding carboxylic acids is 1. The number of ketones is 1. The van der Waals surface area contributed by atoms with Gasteiger partial charge in [-0.05, 0) is 32.4 Å². The van der Waals surface area contributed by atoms with Crippen molar-refractivity contribution in [2.24, 2.45) is 5.92 Å². The summed E-state index contributed by atoms with van der Waals surface area (Å²) in [4.78, 5) is 17.5. The number of likely N-dealkylation sites (tertiary alicyclic amines) is 1. The summed E-state index contributed by atoms with van der Waals surface area (Å²) in [6, 6.07) is 0. The fourth-order valence-electron chi connectivity index (χ4n) is 2.25. The van der Waals surface area contributed by atoms with Gasteiger partial charge in [-0.25, -0.2) is 4.98 Å². The molecule has 1 atom stereocenters. The van der Waals surface area contributed by atoms with Crippen molar-refractivity contribution in [2.75, 3.05) is 20.1 Å². The van der Waals surface area contributed by atoms with Crippen LogP contribution >= 0.6 is 0 Å². The molecule has 1 aliphatic rings. The molecule has 16 heavy (non-hydrogen) atoms. The number of oxazole rings is 1. The lowest BCUT2D eigenvalue weighted by Gasteiger charge is -2.28. The second-order valence-electron chi connectivity index (χ2n) is 4.65. The molecule has 0 radical (unpaired) electrons. The lowest BCUT2D eigenvalue weighted by molar-refractivity contribution is 0.0984. The summed E-state index contributed by atoms with van der Waals surface area (Å²) in [7, 11) is 2.14. The lowest BCUT2D eigenvalue weighted by Crippen LogP contribution is -2.33. The first kappa shape index (κ1) is 11.3. The molecular weight excluding hydrogens is 204 g/mol. The molecule has 0 N–H and O–H groups in total. The van der Waals surface area contributed by atoms with E-state index in [1.165, 1.54) is 32.5 Å². The molecule has 4 nitrogen and oxygen atoms in total. The summed E-state index contributed by atoms with van der Waals surface area (Å²) in [6.45, 7) is 3.78. The summed E-state index contributed by atoms with van der Waals surface area (Å²) in [5, 5.41) is 0. The molecule has 0 saturated carbocycles. The van der Waals surface area contributed by atoms with Gasteiger partial charge in [0.05, 0.1) is 6.20 Å². The maximum absolute atomic E-state index is 11.1. The normalized spacial score (nSPS) is 22.2. The molecule has 2 heterocycles. The van der Waals surface area contributed by atoms with E-state index in [-0.39, 0.29) is 5.78 Å². The predicted octanol–water partition coefficient (Wildman–Crippen LogP) is 1.76. The number of aromatic nitrogens is 1. The Bertz CT molecular complexity index is 373. The van der Waals surface area contributed by atoms with Crippen molar-refractivity contribution in [1.82, 2.24) is 9.88 Å². The van der Waals surface area contributed by atoms with Gasteiger partial charge in [0.1, 0.15) is 0 Å². The Morgan fingerprint density at radius 3 is 3.12 bits per heavy atom. The zero-order chi connectivity index (χ0) is 11.5. The molecule has 88 valence electrons. The number of carbonyl (C=O) groups is 1. The van der Waals surface area contributed by atoms with Gasteiger partial charge in [-0.1, -0.05) is 0 Å². The minimum Gasteiger partial charge on any atom is -0.438 e. The molecule has 0 bridgehead atoms. The summed E-state index contributed by atoms with van der Waals surface area (Å²) < 4.78 is 5.40. The smallest absolute Gasteiger partial charge is 0.196 e. The zero-order valence-electron chi connectivity index (χ0n) is 9.90. The predicted molar refractivity (Wildman–Crippen MR) is 60.4 cm³/mol. The highest BCUT2D eigenvalue weighted by Crippen LogP contribution is 2.19. The van der Waals surface area contributed by atoms with Crippen LogP contribution in [0.1, 0.15) is 36.2 Å². The maximum atomic E-state index is 11.1. The Morgan fingerprint density at radius 2 is 2.50 bits per heavy atom. The number of Topliss-reactive ketones (excluding diaryl/α,β-unsaturated/α-hetero) is 1. The molecule has 1 unspecified atom stereocenters. The van der Waals surface area contributed by atoms with E-state index in [4.69, 9.17) is 4.42 Å². The fourth-order valence-corrected chi connectivity index (χ4v) is 2.25. The van der Waals surface area contributed by atoms with Crippen LogP contribution in [0.3, 0.4) is 0 Å². The van der Waals surface area contributed by atoms with Crippen molar-refractivity contribution in [2.45, 2.75) is 26.2 Å². The van der Waals surface area contributed by atoms with Crippen molar-refractivity contribution in [3.63, 3.8) is 0 Å². The van der Waals surface area contributed by atoms with E-state index < -0.39 is 0 Å². The fraction of sp³-hybridized carbons (Fsp3) is 0.667. The molecule has 0 aromatic carbocycles. The van der Waals surface area contributed by atoms with Gasteiger partial charge in [-0.2, -0.15) is 0 Å². The number of nitrogens with zero attached hydrogens (tertiary/aromatic N) is 2. The highest BCUT2D eigenvalue weighted by molar-refractivity contribution is 5.90. The third-order valence-corrected chi connectivity index (χ3v) is 3.09. The molecule has 1 saturated heterocycles. The largest absolute Gasteiger partial charge is 0.438 e. The minimum absolute atomic E-state index is 0.0560. The summed E-state index contributed by atoms with van der Waals surface area (Å²) >= 11 is 0. The van der Waals surface area contributed by atoms with Gasteiger partial charge in [0, 0.05) is 19.9 Å². The van der Waals surface area contributed by atoms with Crippen LogP contribution in [0.4, 0.5) is 0 Å². The summed E-state index contributed by atoms with van der Waals surface area (Å²) in [6.07, 6.45) is 4.84. The second-order valence-corrected chi connectivity index (χ2v) is 4.65. The second kappa shape index (κ2) is 4.78. The molecule has 0 aliphatic carbocycles. The molecule has 1 fully saturated rings. The Labute approximate surface area is 95.6 Å². The van der Waals surface area contributed by atoms with E-state index >= 15 is 0 Å². The van der Waals surface area contributed by atoms with Crippen molar-refractivity contribution in [3.8, 4) is 0 Å². The first-order chi connectivity index (χ1) is 7.65. The third-order valence-electron chi connectivity index (χ3n) is 3.09. The monoisotopic (exact) mass is 222 g/mol. The molecule has 1 aromatic heterocycles. The lowest BCUT2D eigenvalue weighted by atomic mass is 9.95. The molecular formula is C12H18N2O2. The number of hydrogen-bond acceptors (Lipinski definition) is 4. The number of piperidine rings is 1. The van der Waals surface area contributed by atoms with Crippen LogP contribution in [0.15, 0.2) is 10.6 Å². The summed E-state index contributed by atoms with van der Waals surface area (Å²) in [5.41, 5.74) is 0. The van der Waals surface area contributed by atoms with Gasteiger partial charge in [0.25, 0.3) is 0 Å². The Kier molecular flexibility index (Phi) is 3.39. The van der Waals surface area contributed by atoms with E-state index in [0.29, 0.717) is 17.6 Å². The Morgan fingerprint density at radius 1 is 1.69 bits per heavy atom. The average molecular weight is 222 g/mol. The van der Waals surface area contributed by atoms with Crippen molar-refractivity contribution < 1.29 is 9.21 Å². The molecule has 4 heteroatoms. The van der Waals surface area contributed by atoms with Gasteiger partial charge in [0.2, 0.25) is 0 Å². The first-order valence-electron chi connectivity index (χ1n) is 5.79. The average Bonchev–Trinajstić information content (AvgIpc) is 2.66. The van der Waals surface area contributed by atoms with Crippen LogP contribution in [0, 0.1) is 5.92 Å². The van der Waals surface area contributed by atoms with Crippen molar-refractivity contribution >= 4 is 5.78 Å². The third kappa shape index (κ3) is 2.70. The van der Waals surface area contributed by atoms with Crippen LogP contribution in [0.25, 0.3) is 0 Å². The maximum Gasteiger partial charge on any atom is 0.196 e. The van der Waals surface area contributed by atoms with Crippen LogP contribution in [-0.2, 0) is 6.42 Å². The van der Waals surface area contributed by atoms with Crippen LogP contribution in [0.5, 0.6) is 0 Å². The minimum atomic E-state index is -0.0560. The van der Waals surface area contributed by atoms with Crippen molar-refractivity contribution in [1.29, 1.82) is 0 Å². The molecule has 1 aliphatic heterocycles. The van der Waals surface area contributed by atoms with Gasteiger partial charge >= 0.3 is 0 Å². The topological polar surface area (TPSA) is 46.3 Å². The van der Waals surface area contributed by atoms with Crippen LogP contribution in [0.2, 0.25) is 0 Å². The van der Waals surface area contributed by atoms with Gasteiger partial charge in [-0.15, -0.1) is 0 Å². The van der Waals surface area contributed by atoms with Crippen molar-refractivity contribution in [3.05, 3.63) is 17.8 Å². The number of rotatable bonds is 3. The number of hydrogen-bond donors (Lipinski definition) is 0. The highest BCUT2D eigenvalue weighted by atomic mass is 16.4. The molecule has 0 amide bonds. The van der Waals surface area contributed by atoms with E-state index in [0.717, 1.165) is 13.0 Å². The molecule has 1 aromatic rings. The van der Waals surface area contributed by atoms with E-state index in [2.05, 4.69) is 16.9 Å². The summed E-state index contributed by atoms with van der Waals surface area (Å²) in [5.74, 6) is 1.63. The van der Waals surface area contributed by atoms with E-state index in [1.54, 1.807) is 0 Å². The highest BCUT2D eigenvalue weighted by Gasteiger charge is 2.20. The van der Waals surface area contributed by atoms with Gasteiger partial charge < -0.3 is 9.32 Å². The van der Waals surface area contributed by atoms with Gasteiger partial charge in [-0.3, -0.25) is 4.79 Å². The molecule has 2 rings (SSSR count). The van der Waals surface area contributed by atoms with Crippen LogP contribution in [-0.4, -0.2) is 35.8 Å². The molecule has 0 spiro atoms. The Balaban J connectivity index is 1.95. The van der Waals surface area contributed by atoms with E-state index in [1.807, 2.05) is 0 Å². The SMILES string of the molecule is CC(=O)c1cnc(CC2CCCN(C)C2)o1. The zero-order valence-corrected chi connectivity index (χ0v) is 9.90. The quantitative estimate of drug-likeness (QED) is 0.731. The van der Waals surface area contributed by atoms with Gasteiger partial charge in [0.15, 0.2) is 17.4 Å². The Hall–Kier alpha value is -1.16. The first-order valence-corrected chi connectivity index (χ1v) is 5.79. The van der Waals surface area contributed by atoms with E-state index in [9.17, 15) is 4.79 Å². The van der Waals surface area contributed by atoms with Crippen LogP contribution < -0.4 is 0 Å².